The largest absolute Gasteiger partial charge is 0.462 e. The van der Waals surface area contributed by atoms with Gasteiger partial charge in [-0.2, -0.15) is 0 Å². The first-order valence-corrected chi connectivity index (χ1v) is 13.9. The summed E-state index contributed by atoms with van der Waals surface area (Å²) in [7, 11) is 0. The van der Waals surface area contributed by atoms with Crippen molar-refractivity contribution in [2.45, 2.75) is 56.1 Å². The zero-order valence-electron chi connectivity index (χ0n) is 20.5. The molecule has 0 fully saturated rings. The van der Waals surface area contributed by atoms with Crippen LogP contribution in [-0.2, 0) is 27.2 Å². The summed E-state index contributed by atoms with van der Waals surface area (Å²) >= 11 is 2.89. The monoisotopic (exact) mass is 522 g/mol. The van der Waals surface area contributed by atoms with Gasteiger partial charge in [0.15, 0.2) is 0 Å². The third-order valence-corrected chi connectivity index (χ3v) is 8.34. The fourth-order valence-corrected chi connectivity index (χ4v) is 6.68. The molecule has 0 aliphatic heterocycles. The lowest BCUT2D eigenvalue weighted by Gasteiger charge is -2.18. The number of benzene rings is 2. The fraction of sp³-hybridized carbons (Fsp3) is 0.321. The van der Waals surface area contributed by atoms with Gasteiger partial charge in [0.2, 0.25) is 11.8 Å². The molecule has 1 aliphatic carbocycles. The Morgan fingerprint density at radius 2 is 1.78 bits per heavy atom. The molecule has 1 atom stereocenters. The molecule has 2 N–H and O–H groups in total. The van der Waals surface area contributed by atoms with E-state index in [0.717, 1.165) is 53.0 Å². The number of thioether (sulfide) groups is 1. The number of esters is 1. The van der Waals surface area contributed by atoms with E-state index in [-0.39, 0.29) is 24.4 Å². The molecule has 36 heavy (non-hydrogen) atoms. The van der Waals surface area contributed by atoms with Gasteiger partial charge in [-0.1, -0.05) is 42.8 Å². The zero-order chi connectivity index (χ0) is 25.5. The SMILES string of the molecule is CCOC(=O)c1c(NC(=O)C(Sc2cccc(NC(C)=O)c2)c2ccccc2)sc2c1CCCCC2. The molecule has 0 saturated carbocycles. The molecule has 1 unspecified atom stereocenters. The number of amides is 2. The molecule has 6 nitrogen and oxygen atoms in total. The first kappa shape index (κ1) is 26.0. The first-order valence-electron chi connectivity index (χ1n) is 12.2. The molecule has 3 aromatic rings. The van der Waals surface area contributed by atoms with Crippen LogP contribution in [0, 0.1) is 0 Å². The van der Waals surface area contributed by atoms with Crippen molar-refractivity contribution in [3.8, 4) is 0 Å². The zero-order valence-corrected chi connectivity index (χ0v) is 22.1. The van der Waals surface area contributed by atoms with E-state index in [9.17, 15) is 14.4 Å². The maximum atomic E-state index is 13.7. The molecule has 0 spiro atoms. The van der Waals surface area contributed by atoms with E-state index in [1.54, 1.807) is 6.92 Å². The molecule has 0 bridgehead atoms. The highest BCUT2D eigenvalue weighted by atomic mass is 32.2. The Hall–Kier alpha value is -3.10. The summed E-state index contributed by atoms with van der Waals surface area (Å²) in [5, 5.41) is 5.88. The van der Waals surface area contributed by atoms with Crippen molar-refractivity contribution in [3.05, 3.63) is 76.2 Å². The Balaban J connectivity index is 1.65. The van der Waals surface area contributed by atoms with Crippen molar-refractivity contribution in [1.82, 2.24) is 0 Å². The molecule has 0 saturated heterocycles. The van der Waals surface area contributed by atoms with E-state index in [2.05, 4.69) is 10.6 Å². The lowest BCUT2D eigenvalue weighted by molar-refractivity contribution is -0.116. The quantitative estimate of drug-likeness (QED) is 0.197. The molecule has 2 aromatic carbocycles. The van der Waals surface area contributed by atoms with Crippen LogP contribution < -0.4 is 10.6 Å². The molecule has 1 aliphatic rings. The van der Waals surface area contributed by atoms with Crippen molar-refractivity contribution in [3.63, 3.8) is 0 Å². The minimum Gasteiger partial charge on any atom is -0.462 e. The second-order valence-corrected chi connectivity index (χ2v) is 10.9. The van der Waals surface area contributed by atoms with Gasteiger partial charge < -0.3 is 15.4 Å². The maximum Gasteiger partial charge on any atom is 0.341 e. The number of hydrogen-bond acceptors (Lipinski definition) is 6. The van der Waals surface area contributed by atoms with E-state index in [4.69, 9.17) is 4.74 Å². The highest BCUT2D eigenvalue weighted by Crippen LogP contribution is 2.41. The molecule has 0 radical (unpaired) electrons. The van der Waals surface area contributed by atoms with Crippen LogP contribution in [0.3, 0.4) is 0 Å². The summed E-state index contributed by atoms with van der Waals surface area (Å²) in [5.74, 6) is -0.740. The highest BCUT2D eigenvalue weighted by Gasteiger charge is 2.29. The molecule has 188 valence electrons. The summed E-state index contributed by atoms with van der Waals surface area (Å²) < 4.78 is 5.38. The van der Waals surface area contributed by atoms with Gasteiger partial charge in [0.1, 0.15) is 10.3 Å². The first-order chi connectivity index (χ1) is 17.5. The van der Waals surface area contributed by atoms with Crippen LogP contribution in [0.2, 0.25) is 0 Å². The number of hydrogen-bond donors (Lipinski definition) is 2. The third-order valence-electron chi connectivity index (χ3n) is 5.89. The Kier molecular flexibility index (Phi) is 8.83. The number of thiophene rings is 1. The Labute approximate surface area is 219 Å². The molecule has 2 amide bonds. The minimum atomic E-state index is -0.560. The van der Waals surface area contributed by atoms with E-state index in [1.807, 2.05) is 54.6 Å². The van der Waals surface area contributed by atoms with Gasteiger partial charge in [0, 0.05) is 22.4 Å². The van der Waals surface area contributed by atoms with Gasteiger partial charge in [0.05, 0.1) is 12.2 Å². The van der Waals surface area contributed by atoms with Crippen LogP contribution in [0.15, 0.2) is 59.5 Å². The average molecular weight is 523 g/mol. The van der Waals surface area contributed by atoms with Crippen molar-refractivity contribution >= 4 is 51.6 Å². The van der Waals surface area contributed by atoms with Gasteiger partial charge >= 0.3 is 5.97 Å². The smallest absolute Gasteiger partial charge is 0.341 e. The molecular formula is C28H30N2O4S2. The summed E-state index contributed by atoms with van der Waals surface area (Å²) in [6.45, 7) is 3.53. The molecule has 4 rings (SSSR count). The minimum absolute atomic E-state index is 0.154. The lowest BCUT2D eigenvalue weighted by Crippen LogP contribution is -2.20. The van der Waals surface area contributed by atoms with E-state index < -0.39 is 5.25 Å². The van der Waals surface area contributed by atoms with E-state index in [1.165, 1.54) is 30.0 Å². The van der Waals surface area contributed by atoms with Crippen molar-refractivity contribution in [1.29, 1.82) is 0 Å². The molecule has 1 heterocycles. The predicted molar refractivity (Wildman–Crippen MR) is 146 cm³/mol. The molecule has 1 aromatic heterocycles. The van der Waals surface area contributed by atoms with Crippen molar-refractivity contribution in [2.24, 2.45) is 0 Å². The van der Waals surface area contributed by atoms with Crippen LogP contribution in [0.5, 0.6) is 0 Å². The van der Waals surface area contributed by atoms with Crippen LogP contribution in [-0.4, -0.2) is 24.4 Å². The van der Waals surface area contributed by atoms with Gasteiger partial charge in [-0.05, 0) is 61.9 Å². The van der Waals surface area contributed by atoms with Crippen LogP contribution >= 0.6 is 23.1 Å². The Morgan fingerprint density at radius 1 is 1.00 bits per heavy atom. The number of ether oxygens (including phenoxy) is 1. The second kappa shape index (κ2) is 12.2. The van der Waals surface area contributed by atoms with Gasteiger partial charge in [0.25, 0.3) is 0 Å². The van der Waals surface area contributed by atoms with Crippen molar-refractivity contribution in [2.75, 3.05) is 17.2 Å². The highest BCUT2D eigenvalue weighted by molar-refractivity contribution is 8.00. The lowest BCUT2D eigenvalue weighted by atomic mass is 10.1. The number of nitrogens with one attached hydrogen (secondary N) is 2. The second-order valence-electron chi connectivity index (χ2n) is 8.60. The molecule has 8 heteroatoms. The summed E-state index contributed by atoms with van der Waals surface area (Å²) in [4.78, 5) is 40.2. The standard InChI is InChI=1S/C28H30N2O4S2/c1-3-34-28(33)24-22-15-8-5-9-16-23(22)36-27(24)30-26(32)25(19-11-6-4-7-12-19)35-21-14-10-13-20(17-21)29-18(2)31/h4,6-7,10-14,17,25H,3,5,8-9,15-16H2,1-2H3,(H,29,31)(H,30,32). The number of aryl methyl sites for hydroxylation is 1. The summed E-state index contributed by atoms with van der Waals surface area (Å²) in [6, 6.07) is 17.0. The van der Waals surface area contributed by atoms with Crippen LogP contribution in [0.4, 0.5) is 10.7 Å². The van der Waals surface area contributed by atoms with Gasteiger partial charge in [-0.3, -0.25) is 9.59 Å². The number of anilines is 2. The summed E-state index contributed by atoms with van der Waals surface area (Å²) in [5.41, 5.74) is 3.06. The number of fused-ring (bicyclic) bond motifs is 1. The Bertz CT molecular complexity index is 1240. The topological polar surface area (TPSA) is 84.5 Å². The number of carbonyl (C=O) groups is 3. The number of carbonyl (C=O) groups excluding carboxylic acids is 3. The molecular weight excluding hydrogens is 492 g/mol. The fourth-order valence-electron chi connectivity index (χ4n) is 4.31. The van der Waals surface area contributed by atoms with E-state index >= 15 is 0 Å². The normalized spacial score (nSPS) is 13.7. The van der Waals surface area contributed by atoms with Crippen LogP contribution in [0.1, 0.15) is 64.7 Å². The summed E-state index contributed by atoms with van der Waals surface area (Å²) in [6.07, 6.45) is 4.97. The predicted octanol–water partition coefficient (Wildman–Crippen LogP) is 6.62. The van der Waals surface area contributed by atoms with E-state index in [0.29, 0.717) is 16.3 Å². The maximum absolute atomic E-state index is 13.7. The average Bonchev–Trinajstić information content (AvgIpc) is 3.03. The van der Waals surface area contributed by atoms with Crippen LogP contribution in [0.25, 0.3) is 0 Å². The Morgan fingerprint density at radius 3 is 2.53 bits per heavy atom. The third kappa shape index (κ3) is 6.36. The van der Waals surface area contributed by atoms with Gasteiger partial charge in [-0.15, -0.1) is 23.1 Å². The number of rotatable bonds is 8. The van der Waals surface area contributed by atoms with Gasteiger partial charge in [-0.25, -0.2) is 4.79 Å². The van der Waals surface area contributed by atoms with Crippen molar-refractivity contribution < 1.29 is 19.1 Å².